The molecule has 1 aliphatic rings. The number of hydrogen-bond acceptors (Lipinski definition) is 3. The first-order chi connectivity index (χ1) is 9.65. The van der Waals surface area contributed by atoms with Crippen LogP contribution in [0, 0.1) is 0 Å². The van der Waals surface area contributed by atoms with Gasteiger partial charge in [0.2, 0.25) is 5.91 Å². The Hall–Kier alpha value is -0.910. The third-order valence-corrected chi connectivity index (χ3v) is 4.08. The van der Waals surface area contributed by atoms with Crippen molar-refractivity contribution in [2.45, 2.75) is 6.42 Å². The molecule has 5 heteroatoms. The topological polar surface area (TPSA) is 32.8 Å². The molecule has 2 rings (SSSR count). The molecule has 0 radical (unpaired) electrons. The van der Waals surface area contributed by atoms with Gasteiger partial charge < -0.3 is 9.64 Å². The number of halogens is 1. The molecule has 110 valence electrons. The van der Waals surface area contributed by atoms with Crippen molar-refractivity contribution in [1.82, 2.24) is 9.80 Å². The summed E-state index contributed by atoms with van der Waals surface area (Å²) in [4.78, 5) is 16.3. The van der Waals surface area contributed by atoms with Crippen LogP contribution in [-0.4, -0.2) is 62.1 Å². The number of amides is 1. The highest BCUT2D eigenvalue weighted by atomic mass is 79.9. The van der Waals surface area contributed by atoms with Crippen molar-refractivity contribution in [3.05, 3.63) is 34.3 Å². The van der Waals surface area contributed by atoms with E-state index in [1.54, 1.807) is 0 Å². The summed E-state index contributed by atoms with van der Waals surface area (Å²) < 4.78 is 6.35. The summed E-state index contributed by atoms with van der Waals surface area (Å²) in [6.07, 6.45) is 0.465. The standard InChI is InChI=1S/C15H21BrN2O2/c1-17(6-7-18-8-10-20-11-9-18)15(19)12-13-2-4-14(16)5-3-13/h2-5H,6-12H2,1H3. The van der Waals surface area contributed by atoms with Crippen LogP contribution < -0.4 is 0 Å². The zero-order valence-electron chi connectivity index (χ0n) is 11.8. The monoisotopic (exact) mass is 340 g/mol. The molecule has 4 nitrogen and oxygen atoms in total. The van der Waals surface area contributed by atoms with Gasteiger partial charge in [-0.1, -0.05) is 28.1 Å². The molecular formula is C15H21BrN2O2. The van der Waals surface area contributed by atoms with Gasteiger partial charge in [-0.3, -0.25) is 9.69 Å². The number of carbonyl (C=O) groups is 1. The van der Waals surface area contributed by atoms with Crippen molar-refractivity contribution in [3.63, 3.8) is 0 Å². The normalized spacial score (nSPS) is 16.1. The van der Waals surface area contributed by atoms with Crippen LogP contribution in [0.15, 0.2) is 28.7 Å². The Morgan fingerprint density at radius 3 is 2.60 bits per heavy atom. The highest BCUT2D eigenvalue weighted by Crippen LogP contribution is 2.11. The summed E-state index contributed by atoms with van der Waals surface area (Å²) in [6.45, 7) is 5.23. The Morgan fingerprint density at radius 1 is 1.30 bits per heavy atom. The van der Waals surface area contributed by atoms with E-state index in [9.17, 15) is 4.79 Å². The Labute approximate surface area is 128 Å². The molecule has 1 heterocycles. The average molecular weight is 341 g/mol. The van der Waals surface area contributed by atoms with Gasteiger partial charge in [-0.05, 0) is 17.7 Å². The fraction of sp³-hybridized carbons (Fsp3) is 0.533. The molecule has 0 saturated carbocycles. The number of ether oxygens (including phenoxy) is 1. The molecule has 0 atom stereocenters. The average Bonchev–Trinajstić information content (AvgIpc) is 2.48. The van der Waals surface area contributed by atoms with Crippen molar-refractivity contribution >= 4 is 21.8 Å². The lowest BCUT2D eigenvalue weighted by molar-refractivity contribution is -0.129. The largest absolute Gasteiger partial charge is 0.379 e. The van der Waals surface area contributed by atoms with Gasteiger partial charge in [-0.2, -0.15) is 0 Å². The fourth-order valence-electron chi connectivity index (χ4n) is 2.15. The summed E-state index contributed by atoms with van der Waals surface area (Å²) in [5.74, 6) is 0.167. The molecule has 0 aromatic heterocycles. The van der Waals surface area contributed by atoms with Crippen LogP contribution in [0.2, 0.25) is 0 Å². The van der Waals surface area contributed by atoms with E-state index in [2.05, 4.69) is 20.8 Å². The second-order valence-electron chi connectivity index (χ2n) is 5.07. The van der Waals surface area contributed by atoms with Crippen LogP contribution in [0.3, 0.4) is 0 Å². The minimum Gasteiger partial charge on any atom is -0.379 e. The van der Waals surface area contributed by atoms with Gasteiger partial charge in [-0.15, -0.1) is 0 Å². The summed E-state index contributed by atoms with van der Waals surface area (Å²) in [7, 11) is 1.88. The number of morpholine rings is 1. The lowest BCUT2D eigenvalue weighted by atomic mass is 10.1. The van der Waals surface area contributed by atoms with Crippen LogP contribution in [0.4, 0.5) is 0 Å². The van der Waals surface area contributed by atoms with E-state index in [4.69, 9.17) is 4.74 Å². The zero-order chi connectivity index (χ0) is 14.4. The molecule has 0 unspecified atom stereocenters. The molecule has 1 aromatic rings. The molecule has 1 aromatic carbocycles. The van der Waals surface area contributed by atoms with E-state index in [-0.39, 0.29) is 5.91 Å². The van der Waals surface area contributed by atoms with Gasteiger partial charge in [0.25, 0.3) is 0 Å². The smallest absolute Gasteiger partial charge is 0.226 e. The molecule has 1 saturated heterocycles. The molecule has 1 aliphatic heterocycles. The van der Waals surface area contributed by atoms with E-state index < -0.39 is 0 Å². The zero-order valence-corrected chi connectivity index (χ0v) is 13.4. The minimum absolute atomic E-state index is 0.167. The number of nitrogens with zero attached hydrogens (tertiary/aromatic N) is 2. The second-order valence-corrected chi connectivity index (χ2v) is 5.99. The fourth-order valence-corrected chi connectivity index (χ4v) is 2.42. The number of benzene rings is 1. The lowest BCUT2D eigenvalue weighted by Gasteiger charge is -2.28. The Morgan fingerprint density at radius 2 is 1.95 bits per heavy atom. The van der Waals surface area contributed by atoms with Gasteiger partial charge in [0, 0.05) is 37.7 Å². The Balaban J connectivity index is 1.75. The van der Waals surface area contributed by atoms with Crippen LogP contribution in [0.25, 0.3) is 0 Å². The SMILES string of the molecule is CN(CCN1CCOCC1)C(=O)Cc1ccc(Br)cc1. The maximum absolute atomic E-state index is 12.1. The van der Waals surface area contributed by atoms with Crippen molar-refractivity contribution < 1.29 is 9.53 Å². The Bertz CT molecular complexity index is 430. The molecule has 0 aliphatic carbocycles. The van der Waals surface area contributed by atoms with Crippen molar-refractivity contribution in [1.29, 1.82) is 0 Å². The molecular weight excluding hydrogens is 320 g/mol. The molecule has 20 heavy (non-hydrogen) atoms. The van der Waals surface area contributed by atoms with Gasteiger partial charge >= 0.3 is 0 Å². The maximum Gasteiger partial charge on any atom is 0.226 e. The number of rotatable bonds is 5. The number of likely N-dealkylation sites (N-methyl/N-ethyl adjacent to an activating group) is 1. The number of carbonyl (C=O) groups excluding carboxylic acids is 1. The third kappa shape index (κ3) is 4.89. The molecule has 0 spiro atoms. The van der Waals surface area contributed by atoms with E-state index >= 15 is 0 Å². The summed E-state index contributed by atoms with van der Waals surface area (Å²) in [5.41, 5.74) is 1.05. The predicted molar refractivity (Wildman–Crippen MR) is 82.7 cm³/mol. The van der Waals surface area contributed by atoms with Crippen molar-refractivity contribution in [3.8, 4) is 0 Å². The van der Waals surface area contributed by atoms with Gasteiger partial charge in [0.15, 0.2) is 0 Å². The quantitative estimate of drug-likeness (QED) is 0.819. The third-order valence-electron chi connectivity index (χ3n) is 3.55. The first-order valence-corrected chi connectivity index (χ1v) is 7.73. The molecule has 1 amide bonds. The molecule has 0 bridgehead atoms. The minimum atomic E-state index is 0.167. The second kappa shape index (κ2) is 7.76. The Kier molecular flexibility index (Phi) is 6.01. The first kappa shape index (κ1) is 15.5. The number of hydrogen-bond donors (Lipinski definition) is 0. The molecule has 1 fully saturated rings. The van der Waals surface area contributed by atoms with Gasteiger partial charge in [0.1, 0.15) is 0 Å². The summed E-state index contributed by atoms with van der Waals surface area (Å²) in [6, 6.07) is 7.91. The van der Waals surface area contributed by atoms with Gasteiger partial charge in [-0.25, -0.2) is 0 Å². The van der Waals surface area contributed by atoms with Gasteiger partial charge in [0.05, 0.1) is 19.6 Å². The van der Waals surface area contributed by atoms with Crippen LogP contribution in [-0.2, 0) is 16.0 Å². The van der Waals surface area contributed by atoms with Crippen molar-refractivity contribution in [2.24, 2.45) is 0 Å². The van der Waals surface area contributed by atoms with Crippen LogP contribution in [0.5, 0.6) is 0 Å². The van der Waals surface area contributed by atoms with E-state index in [0.29, 0.717) is 6.42 Å². The lowest BCUT2D eigenvalue weighted by Crippen LogP contribution is -2.42. The summed E-state index contributed by atoms with van der Waals surface area (Å²) >= 11 is 3.40. The molecule has 0 N–H and O–H groups in total. The maximum atomic E-state index is 12.1. The predicted octanol–water partition coefficient (Wildman–Crippen LogP) is 1.78. The van der Waals surface area contributed by atoms with Crippen LogP contribution in [0.1, 0.15) is 5.56 Å². The van der Waals surface area contributed by atoms with E-state index in [1.165, 1.54) is 0 Å². The summed E-state index contributed by atoms with van der Waals surface area (Å²) in [5, 5.41) is 0. The van der Waals surface area contributed by atoms with E-state index in [1.807, 2.05) is 36.2 Å². The highest BCUT2D eigenvalue weighted by Gasteiger charge is 2.13. The first-order valence-electron chi connectivity index (χ1n) is 6.93. The van der Waals surface area contributed by atoms with Crippen molar-refractivity contribution in [2.75, 3.05) is 46.4 Å². The highest BCUT2D eigenvalue weighted by molar-refractivity contribution is 9.10. The van der Waals surface area contributed by atoms with E-state index in [0.717, 1.165) is 49.4 Å². The van der Waals surface area contributed by atoms with Crippen LogP contribution >= 0.6 is 15.9 Å².